The molecule has 156 valence electrons. The molecule has 29 heavy (non-hydrogen) atoms. The fraction of sp³-hybridized carbons (Fsp3) is 0.556. The van der Waals surface area contributed by atoms with Gasteiger partial charge in [0.15, 0.2) is 9.84 Å². The number of nitrogens with zero attached hydrogens (tertiary/aromatic N) is 5. The van der Waals surface area contributed by atoms with Crippen molar-refractivity contribution in [3.63, 3.8) is 0 Å². The normalized spacial score (nSPS) is 21.1. The van der Waals surface area contributed by atoms with E-state index in [4.69, 9.17) is 26.6 Å². The van der Waals surface area contributed by atoms with E-state index in [1.165, 1.54) is 7.11 Å². The van der Waals surface area contributed by atoms with Crippen LogP contribution in [-0.2, 0) is 20.1 Å². The number of aromatic nitrogens is 2. The van der Waals surface area contributed by atoms with E-state index in [0.29, 0.717) is 35.1 Å². The van der Waals surface area contributed by atoms with Gasteiger partial charge in [-0.2, -0.15) is 0 Å². The van der Waals surface area contributed by atoms with Crippen molar-refractivity contribution in [2.45, 2.75) is 43.6 Å². The molecule has 0 amide bonds. The zero-order valence-electron chi connectivity index (χ0n) is 16.4. The predicted molar refractivity (Wildman–Crippen MR) is 110 cm³/mol. The molecule has 0 spiro atoms. The van der Waals surface area contributed by atoms with Crippen molar-refractivity contribution >= 4 is 32.2 Å². The highest BCUT2D eigenvalue weighted by Gasteiger charge is 2.39. The molecule has 1 saturated carbocycles. The molecule has 1 fully saturated rings. The topological polar surface area (TPSA) is 127 Å². The second-order valence-electron chi connectivity index (χ2n) is 7.21. The highest BCUT2D eigenvalue weighted by molar-refractivity contribution is 7.92. The van der Waals surface area contributed by atoms with E-state index in [0.717, 1.165) is 0 Å². The third-order valence-electron chi connectivity index (χ3n) is 5.21. The van der Waals surface area contributed by atoms with E-state index in [2.05, 4.69) is 20.0 Å². The molecule has 9 nitrogen and oxygen atoms in total. The lowest BCUT2D eigenvalue weighted by Crippen LogP contribution is -2.43. The molecule has 0 unspecified atom stereocenters. The summed E-state index contributed by atoms with van der Waals surface area (Å²) in [6.07, 6.45) is 3.75. The maximum atomic E-state index is 12.0. The molecule has 0 bridgehead atoms. The Hall–Kier alpha value is -2.13. The quantitative estimate of drug-likeness (QED) is 0.266. The number of azide groups is 1. The van der Waals surface area contributed by atoms with Crippen LogP contribution in [0.1, 0.15) is 32.3 Å². The third kappa shape index (κ3) is 4.25. The molecule has 0 N–H and O–H groups in total. The van der Waals surface area contributed by atoms with Crippen molar-refractivity contribution in [3.05, 3.63) is 39.6 Å². The Morgan fingerprint density at radius 2 is 2.07 bits per heavy atom. The van der Waals surface area contributed by atoms with Gasteiger partial charge >= 0.3 is 0 Å². The van der Waals surface area contributed by atoms with Gasteiger partial charge in [-0.05, 0) is 29.5 Å². The van der Waals surface area contributed by atoms with Crippen LogP contribution in [0, 0.1) is 0 Å². The number of ether oxygens (including phenoxy) is 2. The van der Waals surface area contributed by atoms with Crippen LogP contribution >= 0.6 is 11.6 Å². The first-order chi connectivity index (χ1) is 13.7. The number of rotatable bonds is 8. The highest BCUT2D eigenvalue weighted by Crippen LogP contribution is 2.38. The summed E-state index contributed by atoms with van der Waals surface area (Å²) in [6, 6.07) is 1.66. The number of hydrogen-bond donors (Lipinski definition) is 0. The van der Waals surface area contributed by atoms with Crippen LogP contribution in [-0.4, -0.2) is 49.2 Å². The van der Waals surface area contributed by atoms with Gasteiger partial charge in [-0.1, -0.05) is 23.6 Å². The Morgan fingerprint density at radius 3 is 2.69 bits per heavy atom. The molecule has 1 aliphatic carbocycles. The van der Waals surface area contributed by atoms with Crippen molar-refractivity contribution in [2.75, 3.05) is 19.5 Å². The summed E-state index contributed by atoms with van der Waals surface area (Å²) in [7, 11) is -1.55. The minimum absolute atomic E-state index is 0.125. The molecule has 0 saturated heterocycles. The number of fused-ring (bicyclic) bond motifs is 1. The van der Waals surface area contributed by atoms with Crippen LogP contribution in [0.4, 0.5) is 0 Å². The lowest BCUT2D eigenvalue weighted by atomic mass is 9.91. The zero-order chi connectivity index (χ0) is 21.2. The maximum absolute atomic E-state index is 12.0. The fourth-order valence-electron chi connectivity index (χ4n) is 3.45. The van der Waals surface area contributed by atoms with E-state index >= 15 is 0 Å². The molecule has 2 aromatic heterocycles. The summed E-state index contributed by atoms with van der Waals surface area (Å²) < 4.78 is 35.1. The molecule has 2 aromatic rings. The number of methoxy groups -OCH3 is 1. The molecule has 0 aliphatic heterocycles. The average molecular weight is 440 g/mol. The van der Waals surface area contributed by atoms with Crippen LogP contribution in [0.5, 0.6) is 5.88 Å². The number of halogens is 1. The number of hydrogen-bond acceptors (Lipinski definition) is 7. The third-order valence-corrected chi connectivity index (χ3v) is 7.63. The van der Waals surface area contributed by atoms with Gasteiger partial charge in [-0.3, -0.25) is 0 Å². The van der Waals surface area contributed by atoms with Gasteiger partial charge in [0.2, 0.25) is 5.88 Å². The Bertz CT molecular complexity index is 1070. The molecule has 11 heteroatoms. The second kappa shape index (κ2) is 8.31. The summed E-state index contributed by atoms with van der Waals surface area (Å²) in [5.74, 6) is 0.464. The van der Waals surface area contributed by atoms with Crippen molar-refractivity contribution < 1.29 is 17.9 Å². The molecular weight excluding hydrogens is 418 g/mol. The number of pyridine rings is 2. The van der Waals surface area contributed by atoms with Crippen molar-refractivity contribution in [2.24, 2.45) is 5.11 Å². The Kier molecular flexibility index (Phi) is 6.19. The lowest BCUT2D eigenvalue weighted by Gasteiger charge is -2.34. The summed E-state index contributed by atoms with van der Waals surface area (Å²) in [5.41, 5.74) is 8.63. The van der Waals surface area contributed by atoms with Crippen LogP contribution in [0.15, 0.2) is 23.6 Å². The SMILES string of the molecule is CCS(=O)(=O)[C@H]1C[C@@H](Oc2ncc([C@@](C)(COC)N=[N+]=[N-])c3cc(Cl)ncc23)C1. The first-order valence-corrected chi connectivity index (χ1v) is 11.2. The van der Waals surface area contributed by atoms with E-state index < -0.39 is 15.4 Å². The second-order valence-corrected chi connectivity index (χ2v) is 10.2. The Morgan fingerprint density at radius 1 is 1.34 bits per heavy atom. The van der Waals surface area contributed by atoms with Crippen molar-refractivity contribution in [3.8, 4) is 5.88 Å². The van der Waals surface area contributed by atoms with E-state index in [-0.39, 0.29) is 28.9 Å². The zero-order valence-corrected chi connectivity index (χ0v) is 17.9. The fourth-order valence-corrected chi connectivity index (χ4v) is 5.09. The lowest BCUT2D eigenvalue weighted by molar-refractivity contribution is 0.119. The summed E-state index contributed by atoms with van der Waals surface area (Å²) in [4.78, 5) is 11.5. The first-order valence-electron chi connectivity index (χ1n) is 9.12. The molecule has 1 aliphatic rings. The highest BCUT2D eigenvalue weighted by atomic mass is 35.5. The van der Waals surface area contributed by atoms with E-state index in [1.807, 2.05) is 0 Å². The average Bonchev–Trinajstić information content (AvgIpc) is 2.64. The van der Waals surface area contributed by atoms with Gasteiger partial charge in [0.05, 0.1) is 22.8 Å². The van der Waals surface area contributed by atoms with Gasteiger partial charge in [0.25, 0.3) is 0 Å². The summed E-state index contributed by atoms with van der Waals surface area (Å²) in [5, 5.41) is 5.09. The molecule has 0 radical (unpaired) electrons. The Labute approximate surface area is 173 Å². The predicted octanol–water partition coefficient (Wildman–Crippen LogP) is 3.80. The molecule has 0 aromatic carbocycles. The van der Waals surface area contributed by atoms with E-state index in [9.17, 15) is 8.42 Å². The maximum Gasteiger partial charge on any atom is 0.223 e. The van der Waals surface area contributed by atoms with Crippen LogP contribution in [0.3, 0.4) is 0 Å². The molecule has 2 heterocycles. The van der Waals surface area contributed by atoms with Gasteiger partial charge in [0.1, 0.15) is 11.3 Å². The molecule has 1 atom stereocenters. The monoisotopic (exact) mass is 439 g/mol. The number of sulfone groups is 1. The van der Waals surface area contributed by atoms with E-state index in [1.54, 1.807) is 32.3 Å². The molecule has 3 rings (SSSR count). The van der Waals surface area contributed by atoms with Gasteiger partial charge in [-0.15, -0.1) is 0 Å². The van der Waals surface area contributed by atoms with Crippen LogP contribution in [0.2, 0.25) is 5.15 Å². The van der Waals surface area contributed by atoms with Crippen molar-refractivity contribution in [1.29, 1.82) is 0 Å². The summed E-state index contributed by atoms with van der Waals surface area (Å²) >= 11 is 6.10. The standard InChI is InChI=1S/C18H22ClN5O4S/c1-4-29(25,26)12-5-11(6-12)28-17-14-8-21-16(19)7-13(14)15(9-22-17)18(2,10-27-3)23-24-20/h7-9,11-12H,4-6,10H2,1-3H3/t11-,12+,18-/m1/s1. The van der Waals surface area contributed by atoms with Crippen molar-refractivity contribution in [1.82, 2.24) is 9.97 Å². The van der Waals surface area contributed by atoms with Gasteiger partial charge in [0, 0.05) is 43.0 Å². The van der Waals surface area contributed by atoms with Crippen LogP contribution in [0.25, 0.3) is 21.2 Å². The first kappa shape index (κ1) is 21.6. The minimum Gasteiger partial charge on any atom is -0.474 e. The smallest absolute Gasteiger partial charge is 0.223 e. The van der Waals surface area contributed by atoms with Gasteiger partial charge < -0.3 is 9.47 Å². The van der Waals surface area contributed by atoms with Crippen LogP contribution < -0.4 is 4.74 Å². The summed E-state index contributed by atoms with van der Waals surface area (Å²) in [6.45, 7) is 3.54. The Balaban J connectivity index is 1.97. The molecular formula is C18H22ClN5O4S. The van der Waals surface area contributed by atoms with Gasteiger partial charge in [-0.25, -0.2) is 18.4 Å². The minimum atomic E-state index is -3.06. The largest absolute Gasteiger partial charge is 0.474 e.